The molecule has 0 aliphatic rings. The monoisotopic (exact) mass is 261 g/mol. The van der Waals surface area contributed by atoms with Crippen molar-refractivity contribution in [2.24, 2.45) is 0 Å². The van der Waals surface area contributed by atoms with Crippen molar-refractivity contribution < 1.29 is 9.15 Å². The van der Waals surface area contributed by atoms with E-state index in [4.69, 9.17) is 9.15 Å². The van der Waals surface area contributed by atoms with Crippen LogP contribution in [0.25, 0.3) is 11.0 Å². The van der Waals surface area contributed by atoms with Crippen LogP contribution in [0.2, 0.25) is 0 Å². The maximum absolute atomic E-state index is 6.02. The first-order chi connectivity index (χ1) is 9.19. The molecule has 104 valence electrons. The van der Waals surface area contributed by atoms with Gasteiger partial charge < -0.3 is 14.5 Å². The molecule has 0 aliphatic heterocycles. The number of aryl methyl sites for hydroxylation is 1. The van der Waals surface area contributed by atoms with Crippen LogP contribution in [0.4, 0.5) is 0 Å². The fourth-order valence-electron chi connectivity index (χ4n) is 2.49. The Morgan fingerprint density at radius 3 is 2.68 bits per heavy atom. The van der Waals surface area contributed by atoms with Gasteiger partial charge in [-0.25, -0.2) is 0 Å². The van der Waals surface area contributed by atoms with E-state index in [1.54, 1.807) is 7.11 Å². The fraction of sp³-hybridized carbons (Fsp3) is 0.500. The minimum Gasteiger partial charge on any atom is -0.493 e. The summed E-state index contributed by atoms with van der Waals surface area (Å²) in [5, 5.41) is 4.59. The number of methoxy groups -OCH3 is 1. The van der Waals surface area contributed by atoms with Crippen LogP contribution in [0, 0.1) is 6.92 Å². The van der Waals surface area contributed by atoms with Crippen molar-refractivity contribution in [2.45, 2.75) is 39.7 Å². The predicted octanol–water partition coefficient (Wildman–Crippen LogP) is 4.20. The van der Waals surface area contributed by atoms with E-state index in [9.17, 15) is 0 Å². The lowest BCUT2D eigenvalue weighted by Crippen LogP contribution is -2.20. The molecule has 0 aliphatic carbocycles. The highest BCUT2D eigenvalue weighted by atomic mass is 16.5. The lowest BCUT2D eigenvalue weighted by atomic mass is 10.1. The third-order valence-electron chi connectivity index (χ3n) is 3.34. The minimum atomic E-state index is 0.285. The number of furan rings is 1. The molecular formula is C16H23NO2. The molecule has 1 heterocycles. The first kappa shape index (κ1) is 13.9. The molecule has 0 amide bonds. The average Bonchev–Trinajstić information content (AvgIpc) is 2.81. The molecule has 3 nitrogen and oxygen atoms in total. The molecule has 1 atom stereocenters. The topological polar surface area (TPSA) is 34.4 Å². The van der Waals surface area contributed by atoms with Crippen molar-refractivity contribution in [3.05, 3.63) is 29.5 Å². The lowest BCUT2D eigenvalue weighted by molar-refractivity contribution is 0.389. The minimum absolute atomic E-state index is 0.285. The number of rotatable bonds is 6. The Bertz CT molecular complexity index is 539. The Balaban J connectivity index is 2.44. The smallest absolute Gasteiger partial charge is 0.176 e. The Morgan fingerprint density at radius 2 is 2.05 bits per heavy atom. The van der Waals surface area contributed by atoms with Gasteiger partial charge in [-0.2, -0.15) is 0 Å². The van der Waals surface area contributed by atoms with E-state index >= 15 is 0 Å². The molecule has 0 saturated heterocycles. The van der Waals surface area contributed by atoms with Crippen molar-refractivity contribution in [3.63, 3.8) is 0 Å². The van der Waals surface area contributed by atoms with Crippen LogP contribution in [-0.2, 0) is 0 Å². The first-order valence-electron chi connectivity index (χ1n) is 7.01. The normalized spacial score (nSPS) is 12.8. The summed E-state index contributed by atoms with van der Waals surface area (Å²) in [4.78, 5) is 0. The van der Waals surface area contributed by atoms with Crippen molar-refractivity contribution >= 4 is 11.0 Å². The van der Waals surface area contributed by atoms with Gasteiger partial charge in [0.1, 0.15) is 5.76 Å². The SMILES string of the molecule is CCCC(NCC)c1cc2cc(C)cc(OC)c2o1. The van der Waals surface area contributed by atoms with Gasteiger partial charge in [0, 0.05) is 5.39 Å². The second-order valence-corrected chi connectivity index (χ2v) is 4.93. The van der Waals surface area contributed by atoms with Crippen molar-refractivity contribution in [2.75, 3.05) is 13.7 Å². The molecule has 0 saturated carbocycles. The van der Waals surface area contributed by atoms with Crippen LogP contribution in [0.15, 0.2) is 22.6 Å². The molecule has 2 aromatic rings. The summed E-state index contributed by atoms with van der Waals surface area (Å²) in [6.07, 6.45) is 2.21. The number of ether oxygens (including phenoxy) is 1. The highest BCUT2D eigenvalue weighted by Crippen LogP contribution is 2.33. The molecule has 1 aromatic carbocycles. The van der Waals surface area contributed by atoms with Crippen LogP contribution in [0.1, 0.15) is 44.1 Å². The number of benzene rings is 1. The summed E-state index contributed by atoms with van der Waals surface area (Å²) in [6, 6.07) is 6.57. The zero-order valence-electron chi connectivity index (χ0n) is 12.2. The van der Waals surface area contributed by atoms with Gasteiger partial charge in [-0.05, 0) is 43.7 Å². The molecular weight excluding hydrogens is 238 g/mol. The second-order valence-electron chi connectivity index (χ2n) is 4.93. The van der Waals surface area contributed by atoms with Crippen LogP contribution in [0.3, 0.4) is 0 Å². The maximum atomic E-state index is 6.02. The van der Waals surface area contributed by atoms with Gasteiger partial charge in [-0.3, -0.25) is 0 Å². The van der Waals surface area contributed by atoms with E-state index < -0.39 is 0 Å². The molecule has 0 bridgehead atoms. The standard InChI is InChI=1S/C16H23NO2/c1-5-7-13(17-6-2)14-10-12-8-11(3)9-15(18-4)16(12)19-14/h8-10,13,17H,5-7H2,1-4H3. The van der Waals surface area contributed by atoms with Gasteiger partial charge in [0.25, 0.3) is 0 Å². The summed E-state index contributed by atoms with van der Waals surface area (Å²) in [7, 11) is 1.68. The molecule has 1 N–H and O–H groups in total. The number of hydrogen-bond donors (Lipinski definition) is 1. The van der Waals surface area contributed by atoms with Crippen molar-refractivity contribution in [1.82, 2.24) is 5.32 Å². The van der Waals surface area contributed by atoms with Gasteiger partial charge in [-0.1, -0.05) is 20.3 Å². The fourth-order valence-corrected chi connectivity index (χ4v) is 2.49. The summed E-state index contributed by atoms with van der Waals surface area (Å²) in [6.45, 7) is 7.33. The highest BCUT2D eigenvalue weighted by Gasteiger charge is 2.16. The van der Waals surface area contributed by atoms with Gasteiger partial charge in [0.15, 0.2) is 11.3 Å². The third-order valence-corrected chi connectivity index (χ3v) is 3.34. The largest absolute Gasteiger partial charge is 0.493 e. The quantitative estimate of drug-likeness (QED) is 0.846. The zero-order chi connectivity index (χ0) is 13.8. The van der Waals surface area contributed by atoms with E-state index in [0.29, 0.717) is 0 Å². The zero-order valence-corrected chi connectivity index (χ0v) is 12.2. The Kier molecular flexibility index (Phi) is 4.48. The van der Waals surface area contributed by atoms with Gasteiger partial charge >= 0.3 is 0 Å². The first-order valence-corrected chi connectivity index (χ1v) is 7.01. The number of nitrogens with one attached hydrogen (secondary N) is 1. The van der Waals surface area contributed by atoms with Crippen LogP contribution in [-0.4, -0.2) is 13.7 Å². The van der Waals surface area contributed by atoms with E-state index in [0.717, 1.165) is 41.9 Å². The van der Waals surface area contributed by atoms with Crippen LogP contribution < -0.4 is 10.1 Å². The van der Waals surface area contributed by atoms with Gasteiger partial charge in [0.2, 0.25) is 0 Å². The van der Waals surface area contributed by atoms with E-state index in [1.165, 1.54) is 5.56 Å². The Hall–Kier alpha value is -1.48. The number of fused-ring (bicyclic) bond motifs is 1. The van der Waals surface area contributed by atoms with E-state index in [2.05, 4.69) is 38.2 Å². The molecule has 1 aromatic heterocycles. The number of hydrogen-bond acceptors (Lipinski definition) is 3. The van der Waals surface area contributed by atoms with Gasteiger partial charge in [-0.15, -0.1) is 0 Å². The summed E-state index contributed by atoms with van der Waals surface area (Å²) < 4.78 is 11.4. The highest BCUT2D eigenvalue weighted by molar-refractivity contribution is 5.84. The molecule has 19 heavy (non-hydrogen) atoms. The summed E-state index contributed by atoms with van der Waals surface area (Å²) in [5.74, 6) is 1.82. The van der Waals surface area contributed by atoms with Crippen LogP contribution in [0.5, 0.6) is 5.75 Å². The second kappa shape index (κ2) is 6.11. The van der Waals surface area contributed by atoms with Crippen LogP contribution >= 0.6 is 0 Å². The van der Waals surface area contributed by atoms with E-state index in [1.807, 2.05) is 6.07 Å². The van der Waals surface area contributed by atoms with Gasteiger partial charge in [0.05, 0.1) is 13.2 Å². The Labute approximate surface area is 114 Å². The predicted molar refractivity (Wildman–Crippen MR) is 78.8 cm³/mol. The van der Waals surface area contributed by atoms with Crippen molar-refractivity contribution in [1.29, 1.82) is 0 Å². The molecule has 0 radical (unpaired) electrons. The summed E-state index contributed by atoms with van der Waals surface area (Å²) >= 11 is 0. The molecule has 0 fully saturated rings. The molecule has 3 heteroatoms. The van der Waals surface area contributed by atoms with E-state index in [-0.39, 0.29) is 6.04 Å². The molecule has 0 spiro atoms. The average molecular weight is 261 g/mol. The van der Waals surface area contributed by atoms with Crippen molar-refractivity contribution in [3.8, 4) is 5.75 Å². The third kappa shape index (κ3) is 2.92. The Morgan fingerprint density at radius 1 is 1.26 bits per heavy atom. The molecule has 1 unspecified atom stereocenters. The molecule has 2 rings (SSSR count). The lowest BCUT2D eigenvalue weighted by Gasteiger charge is -2.13. The summed E-state index contributed by atoms with van der Waals surface area (Å²) in [5.41, 5.74) is 2.04. The maximum Gasteiger partial charge on any atom is 0.176 e.